The molecule has 0 spiro atoms. The molecule has 0 radical (unpaired) electrons. The third kappa shape index (κ3) is 2.60. The highest BCUT2D eigenvalue weighted by molar-refractivity contribution is 5.92. The number of esters is 1. The van der Waals surface area contributed by atoms with Crippen LogP contribution in [0.25, 0.3) is 0 Å². The van der Waals surface area contributed by atoms with Crippen molar-refractivity contribution in [2.24, 2.45) is 5.92 Å². The van der Waals surface area contributed by atoms with Crippen LogP contribution in [-0.2, 0) is 11.2 Å². The third-order valence-electron chi connectivity index (χ3n) is 3.84. The Bertz CT molecular complexity index is 468. The number of hydrogen-bond acceptors (Lipinski definition) is 4. The summed E-state index contributed by atoms with van der Waals surface area (Å²) in [5.41, 5.74) is 6.41. The molecular weight excluding hydrogens is 242 g/mol. The van der Waals surface area contributed by atoms with Crippen LogP contribution in [-0.4, -0.2) is 22.1 Å². The first-order chi connectivity index (χ1) is 9.08. The lowest BCUT2D eigenvalue weighted by Crippen LogP contribution is -2.13. The number of aryl methyl sites for hydroxylation is 1. The van der Waals surface area contributed by atoms with Crippen LogP contribution in [0.1, 0.15) is 62.4 Å². The van der Waals surface area contributed by atoms with Gasteiger partial charge in [0.15, 0.2) is 5.69 Å². The largest absolute Gasteiger partial charge is 0.461 e. The zero-order valence-electron chi connectivity index (χ0n) is 12.0. The van der Waals surface area contributed by atoms with E-state index in [4.69, 9.17) is 10.5 Å². The van der Waals surface area contributed by atoms with E-state index in [2.05, 4.69) is 16.5 Å². The van der Waals surface area contributed by atoms with Gasteiger partial charge in [-0.1, -0.05) is 13.8 Å². The van der Waals surface area contributed by atoms with E-state index in [1.54, 1.807) is 6.92 Å². The first kappa shape index (κ1) is 13.9. The average Bonchev–Trinajstić information content (AvgIpc) is 2.93. The van der Waals surface area contributed by atoms with Crippen LogP contribution in [0.15, 0.2) is 0 Å². The summed E-state index contributed by atoms with van der Waals surface area (Å²) < 4.78 is 7.06. The number of nitrogens with zero attached hydrogens (tertiary/aromatic N) is 2. The summed E-state index contributed by atoms with van der Waals surface area (Å²) in [5.74, 6) is 1.65. The Labute approximate surface area is 114 Å². The van der Waals surface area contributed by atoms with Crippen LogP contribution < -0.4 is 5.73 Å². The van der Waals surface area contributed by atoms with Crippen LogP contribution >= 0.6 is 0 Å². The molecule has 1 aromatic heterocycles. The molecule has 2 N–H and O–H groups in total. The maximum Gasteiger partial charge on any atom is 0.360 e. The van der Waals surface area contributed by atoms with Gasteiger partial charge in [0.2, 0.25) is 0 Å². The molecule has 0 bridgehead atoms. The normalized spacial score (nSPS) is 22.7. The van der Waals surface area contributed by atoms with E-state index in [0.717, 1.165) is 25.1 Å². The van der Waals surface area contributed by atoms with Crippen LogP contribution in [0, 0.1) is 5.92 Å². The highest BCUT2D eigenvalue weighted by atomic mass is 16.5. The number of rotatable bonds is 4. The summed E-state index contributed by atoms with van der Waals surface area (Å²) in [7, 11) is 0. The number of imidazole rings is 1. The first-order valence-corrected chi connectivity index (χ1v) is 7.12. The van der Waals surface area contributed by atoms with E-state index in [0.29, 0.717) is 24.4 Å². The summed E-state index contributed by atoms with van der Waals surface area (Å²) in [6.07, 6.45) is 4.20. The number of hydrogen-bond donors (Lipinski definition) is 1. The van der Waals surface area contributed by atoms with Crippen molar-refractivity contribution < 1.29 is 9.53 Å². The smallest absolute Gasteiger partial charge is 0.360 e. The van der Waals surface area contributed by atoms with Gasteiger partial charge in [0, 0.05) is 12.5 Å². The maximum atomic E-state index is 11.8. The molecule has 1 aromatic rings. The zero-order chi connectivity index (χ0) is 14.0. The number of ether oxygens (including phenoxy) is 1. The molecular formula is C14H23N3O2. The molecule has 2 rings (SSSR count). The molecule has 1 aliphatic rings. The Balaban J connectivity index is 2.34. The molecule has 1 aliphatic carbocycles. The molecule has 0 aromatic carbocycles. The fraction of sp³-hybridized carbons (Fsp3) is 0.714. The van der Waals surface area contributed by atoms with Crippen molar-refractivity contribution in [2.45, 2.75) is 52.5 Å². The van der Waals surface area contributed by atoms with Crippen LogP contribution in [0.4, 0.5) is 5.82 Å². The number of anilines is 1. The number of carbonyl (C=O) groups is 1. The van der Waals surface area contributed by atoms with Gasteiger partial charge < -0.3 is 15.0 Å². The quantitative estimate of drug-likeness (QED) is 0.849. The van der Waals surface area contributed by atoms with E-state index >= 15 is 0 Å². The van der Waals surface area contributed by atoms with E-state index in [-0.39, 0.29) is 5.69 Å². The third-order valence-corrected chi connectivity index (χ3v) is 3.84. The number of nitrogen functional groups attached to an aromatic ring is 1. The van der Waals surface area contributed by atoms with Gasteiger partial charge in [0.25, 0.3) is 0 Å². The summed E-state index contributed by atoms with van der Waals surface area (Å²) in [5, 5.41) is 0. The van der Waals surface area contributed by atoms with E-state index in [9.17, 15) is 4.79 Å². The van der Waals surface area contributed by atoms with Gasteiger partial charge in [-0.05, 0) is 32.1 Å². The fourth-order valence-corrected chi connectivity index (χ4v) is 2.91. The topological polar surface area (TPSA) is 70.1 Å². The van der Waals surface area contributed by atoms with E-state index < -0.39 is 5.97 Å². The Hall–Kier alpha value is -1.52. The molecule has 1 heterocycles. The zero-order valence-corrected chi connectivity index (χ0v) is 12.0. The van der Waals surface area contributed by atoms with Gasteiger partial charge >= 0.3 is 5.97 Å². The van der Waals surface area contributed by atoms with E-state index in [1.165, 1.54) is 6.42 Å². The molecule has 2 unspecified atom stereocenters. The van der Waals surface area contributed by atoms with Crippen molar-refractivity contribution in [1.82, 2.24) is 9.55 Å². The highest BCUT2D eigenvalue weighted by Crippen LogP contribution is 2.37. The van der Waals surface area contributed by atoms with Crippen molar-refractivity contribution in [3.8, 4) is 0 Å². The molecule has 106 valence electrons. The molecule has 0 saturated heterocycles. The minimum Gasteiger partial charge on any atom is -0.461 e. The standard InChI is InChI=1S/C14H23N3O2/c1-4-11-16-12(14(18)19-5-2)13(15)17(11)10-7-6-9(3)8-10/h9-10H,4-8,15H2,1-3H3. The minimum absolute atomic E-state index is 0.276. The predicted molar refractivity (Wildman–Crippen MR) is 74.0 cm³/mol. The number of aromatic nitrogens is 2. The molecule has 19 heavy (non-hydrogen) atoms. The first-order valence-electron chi connectivity index (χ1n) is 7.12. The molecule has 1 fully saturated rings. The Morgan fingerprint density at radius 3 is 2.74 bits per heavy atom. The Morgan fingerprint density at radius 1 is 1.47 bits per heavy atom. The average molecular weight is 265 g/mol. The van der Waals surface area contributed by atoms with Crippen molar-refractivity contribution in [1.29, 1.82) is 0 Å². The van der Waals surface area contributed by atoms with Gasteiger partial charge in [-0.25, -0.2) is 9.78 Å². The minimum atomic E-state index is -0.417. The summed E-state index contributed by atoms with van der Waals surface area (Å²) in [6, 6.07) is 0.376. The summed E-state index contributed by atoms with van der Waals surface area (Å²) >= 11 is 0. The van der Waals surface area contributed by atoms with Crippen molar-refractivity contribution in [3.63, 3.8) is 0 Å². The lowest BCUT2D eigenvalue weighted by atomic mass is 10.1. The molecule has 2 atom stereocenters. The number of carbonyl (C=O) groups excluding carboxylic acids is 1. The van der Waals surface area contributed by atoms with Gasteiger partial charge in [0.05, 0.1) is 6.61 Å². The highest BCUT2D eigenvalue weighted by Gasteiger charge is 2.29. The van der Waals surface area contributed by atoms with E-state index in [1.807, 2.05) is 6.92 Å². The predicted octanol–water partition coefficient (Wildman–Crippen LogP) is 2.57. The lowest BCUT2D eigenvalue weighted by molar-refractivity contribution is 0.0521. The second-order valence-corrected chi connectivity index (χ2v) is 5.28. The molecule has 5 heteroatoms. The van der Waals surface area contributed by atoms with Gasteiger partial charge in [-0.2, -0.15) is 0 Å². The fourth-order valence-electron chi connectivity index (χ4n) is 2.91. The summed E-state index contributed by atoms with van der Waals surface area (Å²) in [6.45, 7) is 6.41. The van der Waals surface area contributed by atoms with Crippen LogP contribution in [0.3, 0.4) is 0 Å². The van der Waals surface area contributed by atoms with Crippen LogP contribution in [0.5, 0.6) is 0 Å². The van der Waals surface area contributed by atoms with Gasteiger partial charge in [-0.3, -0.25) is 0 Å². The van der Waals surface area contributed by atoms with Crippen molar-refractivity contribution >= 4 is 11.8 Å². The SMILES string of the molecule is CCOC(=O)c1nc(CC)n(C2CCC(C)C2)c1N. The van der Waals surface area contributed by atoms with Crippen molar-refractivity contribution in [3.05, 3.63) is 11.5 Å². The second kappa shape index (κ2) is 5.63. The maximum absolute atomic E-state index is 11.8. The summed E-state index contributed by atoms with van der Waals surface area (Å²) in [4.78, 5) is 16.2. The lowest BCUT2D eigenvalue weighted by Gasteiger charge is -2.16. The van der Waals surface area contributed by atoms with Crippen molar-refractivity contribution in [2.75, 3.05) is 12.3 Å². The Morgan fingerprint density at radius 2 is 2.21 bits per heavy atom. The monoisotopic (exact) mass is 265 g/mol. The molecule has 0 amide bonds. The second-order valence-electron chi connectivity index (χ2n) is 5.28. The molecule has 5 nitrogen and oxygen atoms in total. The Kier molecular flexibility index (Phi) is 4.12. The molecule has 1 saturated carbocycles. The number of nitrogens with two attached hydrogens (primary N) is 1. The van der Waals surface area contributed by atoms with Gasteiger partial charge in [-0.15, -0.1) is 0 Å². The van der Waals surface area contributed by atoms with Gasteiger partial charge in [0.1, 0.15) is 11.6 Å². The molecule has 0 aliphatic heterocycles. The van der Waals surface area contributed by atoms with Crippen LogP contribution in [0.2, 0.25) is 0 Å².